The first kappa shape index (κ1) is 10.4. The molecule has 3 heteroatoms. The molecular weight excluding hydrogens is 228 g/mol. The third-order valence-corrected chi connectivity index (χ3v) is 3.82. The van der Waals surface area contributed by atoms with Gasteiger partial charge in [0, 0.05) is 11.2 Å². The van der Waals surface area contributed by atoms with Crippen LogP contribution in [0.2, 0.25) is 0 Å². The number of nitrogens with zero attached hydrogens (tertiary/aromatic N) is 2. The van der Waals surface area contributed by atoms with E-state index in [-0.39, 0.29) is 0 Å². The van der Waals surface area contributed by atoms with Crippen LogP contribution in [0.25, 0.3) is 21.5 Å². The first-order valence-corrected chi connectivity index (χ1v) is 6.44. The number of aromatic nitrogens is 2. The highest BCUT2D eigenvalue weighted by Gasteiger charge is 2.15. The number of thiophene rings is 1. The largest absolute Gasteiger partial charge is 0.240 e. The molecule has 0 bridgehead atoms. The van der Waals surface area contributed by atoms with E-state index >= 15 is 0 Å². The molecule has 0 saturated heterocycles. The van der Waals surface area contributed by atoms with Crippen molar-refractivity contribution in [3.05, 3.63) is 47.3 Å². The Hall–Kier alpha value is -1.74. The summed E-state index contributed by atoms with van der Waals surface area (Å²) in [4.78, 5) is 0. The molecule has 17 heavy (non-hydrogen) atoms. The van der Waals surface area contributed by atoms with Crippen LogP contribution in [-0.2, 0) is 7.05 Å². The predicted molar refractivity (Wildman–Crippen MR) is 71.0 cm³/mol. The van der Waals surface area contributed by atoms with Gasteiger partial charge in [-0.3, -0.25) is 0 Å². The number of aryl methyl sites for hydroxylation is 2. The van der Waals surface area contributed by atoms with Crippen LogP contribution in [0.3, 0.4) is 0 Å². The van der Waals surface area contributed by atoms with Crippen LogP contribution in [0.15, 0.2) is 41.8 Å². The van der Waals surface area contributed by atoms with E-state index in [0.717, 1.165) is 11.2 Å². The molecule has 0 atom stereocenters. The lowest BCUT2D eigenvalue weighted by molar-refractivity contribution is -0.717. The fourth-order valence-electron chi connectivity index (χ4n) is 2.05. The highest BCUT2D eigenvalue weighted by molar-refractivity contribution is 7.17. The lowest BCUT2D eigenvalue weighted by atomic mass is 10.1. The smallest absolute Gasteiger partial charge is 0.142 e. The summed E-state index contributed by atoms with van der Waals surface area (Å²) in [6.45, 7) is 2.13. The van der Waals surface area contributed by atoms with Gasteiger partial charge in [0.2, 0.25) is 5.69 Å². The Morgan fingerprint density at radius 3 is 2.82 bits per heavy atom. The second kappa shape index (κ2) is 3.93. The highest BCUT2D eigenvalue weighted by atomic mass is 32.1. The molecule has 0 radical (unpaired) electrons. The third kappa shape index (κ3) is 1.72. The molecule has 84 valence electrons. The van der Waals surface area contributed by atoms with Gasteiger partial charge in [-0.05, 0) is 30.0 Å². The molecule has 2 nitrogen and oxygen atoms in total. The Kier molecular flexibility index (Phi) is 2.41. The van der Waals surface area contributed by atoms with Gasteiger partial charge in [0.1, 0.15) is 5.52 Å². The lowest BCUT2D eigenvalue weighted by Crippen LogP contribution is -2.35. The van der Waals surface area contributed by atoms with Crippen molar-refractivity contribution in [3.63, 3.8) is 0 Å². The minimum atomic E-state index is 1.06. The Morgan fingerprint density at radius 1 is 1.18 bits per heavy atom. The van der Waals surface area contributed by atoms with Crippen LogP contribution in [0, 0.1) is 6.92 Å². The maximum atomic E-state index is 4.58. The summed E-state index contributed by atoms with van der Waals surface area (Å²) in [6, 6.07) is 12.7. The first-order chi connectivity index (χ1) is 8.25. The molecule has 2 aromatic heterocycles. The Morgan fingerprint density at radius 2 is 2.00 bits per heavy atom. The number of rotatable bonds is 1. The van der Waals surface area contributed by atoms with E-state index < -0.39 is 0 Å². The molecular formula is C14H13N2S+. The highest BCUT2D eigenvalue weighted by Crippen LogP contribution is 2.24. The molecule has 3 rings (SSSR count). The molecule has 1 aromatic carbocycles. The van der Waals surface area contributed by atoms with Crippen LogP contribution in [-0.4, -0.2) is 5.10 Å². The molecule has 0 aliphatic rings. The second-order valence-electron chi connectivity index (χ2n) is 4.14. The Labute approximate surface area is 104 Å². The second-order valence-corrected chi connectivity index (χ2v) is 5.09. The van der Waals surface area contributed by atoms with E-state index in [0.29, 0.717) is 0 Å². The van der Waals surface area contributed by atoms with Crippen LogP contribution in [0.5, 0.6) is 0 Å². The Balaban J connectivity index is 2.30. The van der Waals surface area contributed by atoms with Crippen molar-refractivity contribution in [2.75, 3.05) is 0 Å². The zero-order valence-electron chi connectivity index (χ0n) is 9.84. The summed E-state index contributed by atoms with van der Waals surface area (Å²) in [7, 11) is 2.00. The quantitative estimate of drug-likeness (QED) is 0.598. The lowest BCUT2D eigenvalue weighted by Gasteiger charge is -2.02. The van der Waals surface area contributed by atoms with Crippen LogP contribution in [0.4, 0.5) is 0 Å². The van der Waals surface area contributed by atoms with Crippen molar-refractivity contribution < 1.29 is 4.68 Å². The number of hydrogen-bond acceptors (Lipinski definition) is 2. The van der Waals surface area contributed by atoms with Gasteiger partial charge in [-0.1, -0.05) is 22.9 Å². The normalized spacial score (nSPS) is 10.9. The van der Waals surface area contributed by atoms with Gasteiger partial charge in [-0.25, -0.2) is 0 Å². The third-order valence-electron chi connectivity index (χ3n) is 2.97. The van der Waals surface area contributed by atoms with Crippen molar-refractivity contribution in [3.8, 4) is 11.3 Å². The summed E-state index contributed by atoms with van der Waals surface area (Å²) >= 11 is 1.73. The van der Waals surface area contributed by atoms with Gasteiger partial charge in [0.15, 0.2) is 7.05 Å². The van der Waals surface area contributed by atoms with Crippen LogP contribution < -0.4 is 4.68 Å². The number of hydrogen-bond donors (Lipinski definition) is 0. The van der Waals surface area contributed by atoms with Gasteiger partial charge in [0.25, 0.3) is 0 Å². The summed E-state index contributed by atoms with van der Waals surface area (Å²) < 4.78 is 3.19. The summed E-state index contributed by atoms with van der Waals surface area (Å²) in [6.07, 6.45) is 0. The van der Waals surface area contributed by atoms with Crippen molar-refractivity contribution in [2.45, 2.75) is 6.92 Å². The van der Waals surface area contributed by atoms with Crippen LogP contribution >= 0.6 is 11.3 Å². The fraction of sp³-hybridized carbons (Fsp3) is 0.143. The topological polar surface area (TPSA) is 16.8 Å². The Bertz CT molecular complexity index is 686. The average molecular weight is 241 g/mol. The fourth-order valence-corrected chi connectivity index (χ4v) is 2.80. The van der Waals surface area contributed by atoms with Crippen molar-refractivity contribution in [1.29, 1.82) is 0 Å². The van der Waals surface area contributed by atoms with E-state index in [4.69, 9.17) is 0 Å². The van der Waals surface area contributed by atoms with Gasteiger partial charge in [-0.15, -0.1) is 11.3 Å². The van der Waals surface area contributed by atoms with Gasteiger partial charge in [0.05, 0.1) is 10.3 Å². The number of benzene rings is 1. The van der Waals surface area contributed by atoms with E-state index in [9.17, 15) is 0 Å². The minimum Gasteiger partial charge on any atom is -0.142 e. The van der Waals surface area contributed by atoms with E-state index in [1.807, 2.05) is 11.7 Å². The van der Waals surface area contributed by atoms with E-state index in [1.165, 1.54) is 15.8 Å². The molecule has 2 heterocycles. The maximum absolute atomic E-state index is 4.58. The SMILES string of the molecule is Cc1ccccc1-c1cc2sccc2n[n+]1C. The summed E-state index contributed by atoms with van der Waals surface area (Å²) in [5.74, 6) is 0. The average Bonchev–Trinajstić information content (AvgIpc) is 2.76. The molecule has 0 aliphatic carbocycles. The monoisotopic (exact) mass is 241 g/mol. The van der Waals surface area contributed by atoms with Crippen molar-refractivity contribution in [1.82, 2.24) is 5.10 Å². The molecule has 0 aliphatic heterocycles. The minimum absolute atomic E-state index is 1.06. The zero-order valence-corrected chi connectivity index (χ0v) is 10.7. The molecule has 0 N–H and O–H groups in total. The predicted octanol–water partition coefficient (Wildman–Crippen LogP) is 3.10. The van der Waals surface area contributed by atoms with Gasteiger partial charge in [-0.2, -0.15) is 0 Å². The van der Waals surface area contributed by atoms with Gasteiger partial charge < -0.3 is 0 Å². The molecule has 0 unspecified atom stereocenters. The molecule has 3 aromatic rings. The maximum Gasteiger partial charge on any atom is 0.240 e. The number of fused-ring (bicyclic) bond motifs is 1. The standard InChI is InChI=1S/C14H13N2S/c1-10-5-3-4-6-11(10)13-9-14-12(7-8-17-14)15-16(13)2/h3-9H,1-2H3/q+1. The van der Waals surface area contributed by atoms with E-state index in [2.05, 4.69) is 53.8 Å². The van der Waals surface area contributed by atoms with E-state index in [1.54, 1.807) is 11.3 Å². The van der Waals surface area contributed by atoms with Gasteiger partial charge >= 0.3 is 0 Å². The van der Waals surface area contributed by atoms with Crippen molar-refractivity contribution >= 4 is 21.6 Å². The molecule has 0 saturated carbocycles. The zero-order chi connectivity index (χ0) is 11.8. The molecule has 0 spiro atoms. The molecule has 0 amide bonds. The van der Waals surface area contributed by atoms with Crippen LogP contribution in [0.1, 0.15) is 5.56 Å². The van der Waals surface area contributed by atoms with Crippen molar-refractivity contribution in [2.24, 2.45) is 7.05 Å². The summed E-state index contributed by atoms with van der Waals surface area (Å²) in [5, 5.41) is 6.66. The summed E-state index contributed by atoms with van der Waals surface area (Å²) in [5.41, 5.74) is 4.76. The molecule has 0 fully saturated rings. The first-order valence-electron chi connectivity index (χ1n) is 5.56.